The number of anilines is 3. The minimum absolute atomic E-state index is 0.0750. The monoisotopic (exact) mass is 587 g/mol. The standard InChI is InChI=1S/C32H31ClFN5O3/c1-39-15-3-6-23(39)8-14-29(40)38-27-12-11-26-30(31(27)42-24-9-10-24)32(36-19-35-26)37-22-7-13-28(25(33)17-22)41-18-20-4-2-5-21(34)16-20/h2,4-5,7-8,11-14,16-17,19,23-24H,3,6,9-10,15,18H2,1H3,(H,38,40)(H,35,36,37)/b14-8+/t23-/m1/s1. The second kappa shape index (κ2) is 12.3. The Morgan fingerprint density at radius 1 is 1.14 bits per heavy atom. The van der Waals surface area contributed by atoms with E-state index in [2.05, 4.69) is 32.5 Å². The van der Waals surface area contributed by atoms with E-state index in [0.717, 1.165) is 32.2 Å². The molecule has 2 aliphatic rings. The Hall–Kier alpha value is -4.21. The van der Waals surface area contributed by atoms with Crippen molar-refractivity contribution in [1.29, 1.82) is 0 Å². The van der Waals surface area contributed by atoms with Gasteiger partial charge in [0, 0.05) is 17.8 Å². The zero-order valence-corrected chi connectivity index (χ0v) is 23.9. The minimum atomic E-state index is -0.319. The summed E-state index contributed by atoms with van der Waals surface area (Å²) in [6.07, 6.45) is 9.16. The topological polar surface area (TPSA) is 88.6 Å². The van der Waals surface area contributed by atoms with Crippen LogP contribution in [0, 0.1) is 5.82 Å². The smallest absolute Gasteiger partial charge is 0.248 e. The van der Waals surface area contributed by atoms with E-state index in [1.807, 2.05) is 24.3 Å². The van der Waals surface area contributed by atoms with Gasteiger partial charge in [-0.05, 0) is 87.3 Å². The Morgan fingerprint density at radius 2 is 2.02 bits per heavy atom. The third-order valence-electron chi connectivity index (χ3n) is 7.35. The molecule has 10 heteroatoms. The molecule has 0 bridgehead atoms. The Kier molecular flexibility index (Phi) is 8.21. The number of nitrogens with one attached hydrogen (secondary N) is 2. The Morgan fingerprint density at radius 3 is 2.79 bits per heavy atom. The van der Waals surface area contributed by atoms with E-state index < -0.39 is 0 Å². The van der Waals surface area contributed by atoms with Crippen LogP contribution < -0.4 is 20.1 Å². The Labute approximate surface area is 248 Å². The van der Waals surface area contributed by atoms with Crippen LogP contribution in [-0.4, -0.2) is 46.5 Å². The van der Waals surface area contributed by atoms with Crippen LogP contribution in [0.15, 0.2) is 73.1 Å². The highest BCUT2D eigenvalue weighted by Crippen LogP contribution is 2.41. The molecule has 0 spiro atoms. The largest absolute Gasteiger partial charge is 0.487 e. The van der Waals surface area contributed by atoms with Gasteiger partial charge in [-0.3, -0.25) is 9.69 Å². The molecule has 1 saturated carbocycles. The lowest BCUT2D eigenvalue weighted by molar-refractivity contribution is -0.112. The van der Waals surface area contributed by atoms with E-state index in [4.69, 9.17) is 21.1 Å². The molecule has 2 N–H and O–H groups in total. The number of fused-ring (bicyclic) bond motifs is 1. The number of hydrogen-bond donors (Lipinski definition) is 2. The molecule has 1 aliphatic carbocycles. The predicted molar refractivity (Wildman–Crippen MR) is 162 cm³/mol. The average molecular weight is 588 g/mol. The summed E-state index contributed by atoms with van der Waals surface area (Å²) >= 11 is 6.53. The number of amides is 1. The summed E-state index contributed by atoms with van der Waals surface area (Å²) in [5.41, 5.74) is 2.60. The molecular formula is C32H31ClFN5O3. The maximum Gasteiger partial charge on any atom is 0.248 e. The van der Waals surface area contributed by atoms with E-state index in [-0.39, 0.29) is 30.5 Å². The average Bonchev–Trinajstić information content (AvgIpc) is 3.70. The molecule has 216 valence electrons. The highest BCUT2D eigenvalue weighted by molar-refractivity contribution is 6.32. The number of hydrogen-bond acceptors (Lipinski definition) is 7. The van der Waals surface area contributed by atoms with Crippen molar-refractivity contribution in [1.82, 2.24) is 14.9 Å². The number of benzene rings is 3. The van der Waals surface area contributed by atoms with Gasteiger partial charge in [0.1, 0.15) is 30.3 Å². The fraction of sp³-hybridized carbons (Fsp3) is 0.281. The van der Waals surface area contributed by atoms with Crippen molar-refractivity contribution in [2.75, 3.05) is 24.2 Å². The Bertz CT molecular complexity index is 1640. The number of nitrogens with zero attached hydrogens (tertiary/aromatic N) is 3. The van der Waals surface area contributed by atoms with Crippen LogP contribution in [0.5, 0.6) is 11.5 Å². The lowest BCUT2D eigenvalue weighted by Gasteiger charge is -2.17. The van der Waals surface area contributed by atoms with Crippen molar-refractivity contribution < 1.29 is 18.7 Å². The van der Waals surface area contributed by atoms with Crippen LogP contribution in [0.3, 0.4) is 0 Å². The zero-order valence-electron chi connectivity index (χ0n) is 23.1. The number of likely N-dealkylation sites (N-methyl/N-ethyl adjacent to an activating group) is 1. The maximum atomic E-state index is 13.5. The summed E-state index contributed by atoms with van der Waals surface area (Å²) in [6, 6.07) is 15.4. The van der Waals surface area contributed by atoms with Crippen LogP contribution in [0.2, 0.25) is 5.02 Å². The zero-order chi connectivity index (χ0) is 29.1. The van der Waals surface area contributed by atoms with E-state index in [0.29, 0.717) is 50.2 Å². The third kappa shape index (κ3) is 6.64. The van der Waals surface area contributed by atoms with Crippen LogP contribution in [-0.2, 0) is 11.4 Å². The molecule has 1 saturated heterocycles. The van der Waals surface area contributed by atoms with Crippen molar-refractivity contribution in [2.45, 2.75) is 44.4 Å². The van der Waals surface area contributed by atoms with E-state index in [1.165, 1.54) is 18.5 Å². The normalized spacial score (nSPS) is 17.1. The second-order valence-corrected chi connectivity index (χ2v) is 11.0. The third-order valence-corrected chi connectivity index (χ3v) is 7.64. The van der Waals surface area contributed by atoms with Gasteiger partial charge in [-0.1, -0.05) is 29.8 Å². The van der Waals surface area contributed by atoms with Gasteiger partial charge in [-0.25, -0.2) is 14.4 Å². The Balaban J connectivity index is 1.24. The van der Waals surface area contributed by atoms with E-state index in [9.17, 15) is 9.18 Å². The molecule has 42 heavy (non-hydrogen) atoms. The summed E-state index contributed by atoms with van der Waals surface area (Å²) < 4.78 is 25.6. The van der Waals surface area contributed by atoms with Gasteiger partial charge in [0.2, 0.25) is 5.91 Å². The van der Waals surface area contributed by atoms with Crippen LogP contribution in [0.25, 0.3) is 10.9 Å². The van der Waals surface area contributed by atoms with Crippen molar-refractivity contribution in [2.24, 2.45) is 0 Å². The number of aromatic nitrogens is 2. The summed E-state index contributed by atoms with van der Waals surface area (Å²) in [4.78, 5) is 24.1. The van der Waals surface area contributed by atoms with Crippen molar-refractivity contribution in [3.8, 4) is 11.5 Å². The van der Waals surface area contributed by atoms with Crippen molar-refractivity contribution in [3.05, 3.63) is 89.5 Å². The molecule has 4 aromatic rings. The van der Waals surface area contributed by atoms with Crippen molar-refractivity contribution >= 4 is 45.6 Å². The molecule has 0 radical (unpaired) electrons. The van der Waals surface area contributed by atoms with E-state index >= 15 is 0 Å². The summed E-state index contributed by atoms with van der Waals surface area (Å²) in [7, 11) is 2.07. The minimum Gasteiger partial charge on any atom is -0.487 e. The number of halogens is 2. The highest BCUT2D eigenvalue weighted by atomic mass is 35.5. The van der Waals surface area contributed by atoms with Gasteiger partial charge in [-0.15, -0.1) is 0 Å². The number of carbonyl (C=O) groups excluding carboxylic acids is 1. The highest BCUT2D eigenvalue weighted by Gasteiger charge is 2.27. The first-order chi connectivity index (χ1) is 20.4. The molecule has 1 aromatic heterocycles. The molecule has 3 aromatic carbocycles. The fourth-order valence-corrected chi connectivity index (χ4v) is 5.20. The van der Waals surface area contributed by atoms with Gasteiger partial charge in [0.15, 0.2) is 5.75 Å². The quantitative estimate of drug-likeness (QED) is 0.196. The van der Waals surface area contributed by atoms with Crippen LogP contribution in [0.1, 0.15) is 31.2 Å². The van der Waals surface area contributed by atoms with Gasteiger partial charge in [-0.2, -0.15) is 0 Å². The van der Waals surface area contributed by atoms with Gasteiger partial charge < -0.3 is 20.1 Å². The molecule has 8 nitrogen and oxygen atoms in total. The molecule has 2 heterocycles. The van der Waals surface area contributed by atoms with Gasteiger partial charge in [0.05, 0.1) is 27.7 Å². The molecule has 1 atom stereocenters. The molecule has 1 amide bonds. The molecule has 6 rings (SSSR count). The second-order valence-electron chi connectivity index (χ2n) is 10.6. The first kappa shape index (κ1) is 27.9. The summed E-state index contributed by atoms with van der Waals surface area (Å²) in [5, 5.41) is 7.37. The molecule has 2 fully saturated rings. The first-order valence-corrected chi connectivity index (χ1v) is 14.4. The van der Waals surface area contributed by atoms with Gasteiger partial charge in [0.25, 0.3) is 0 Å². The molecular weight excluding hydrogens is 557 g/mol. The number of carbonyl (C=O) groups is 1. The predicted octanol–water partition coefficient (Wildman–Crippen LogP) is 6.88. The van der Waals surface area contributed by atoms with E-state index in [1.54, 1.807) is 30.3 Å². The number of likely N-dealkylation sites (tertiary alicyclic amines) is 1. The van der Waals surface area contributed by atoms with Crippen LogP contribution >= 0.6 is 11.6 Å². The number of ether oxygens (including phenoxy) is 2. The van der Waals surface area contributed by atoms with Crippen molar-refractivity contribution in [3.63, 3.8) is 0 Å². The SMILES string of the molecule is CN1CCC[C@@H]1/C=C/C(=O)Nc1ccc2ncnc(Nc3ccc(OCc4cccc(F)c4)c(Cl)c3)c2c1OC1CC1. The molecule has 0 unspecified atom stereocenters. The lowest BCUT2D eigenvalue weighted by atomic mass is 10.1. The molecule has 1 aliphatic heterocycles. The maximum absolute atomic E-state index is 13.5. The van der Waals surface area contributed by atoms with Gasteiger partial charge >= 0.3 is 0 Å². The summed E-state index contributed by atoms with van der Waals surface area (Å²) in [6.45, 7) is 1.22. The fourth-order valence-electron chi connectivity index (χ4n) is 4.96. The number of rotatable bonds is 10. The van der Waals surface area contributed by atoms with Crippen LogP contribution in [0.4, 0.5) is 21.6 Å². The summed E-state index contributed by atoms with van der Waals surface area (Å²) in [5.74, 6) is 0.971. The lowest BCUT2D eigenvalue weighted by Crippen LogP contribution is -2.23. The first-order valence-electron chi connectivity index (χ1n) is 14.0.